The number of carbonyl (C=O) groups is 1. The molecule has 3 heteroatoms. The summed E-state index contributed by atoms with van der Waals surface area (Å²) in [6, 6.07) is 0. The highest BCUT2D eigenvalue weighted by atomic mass is 16.5. The van der Waals surface area contributed by atoms with E-state index in [0.29, 0.717) is 5.57 Å². The van der Waals surface area contributed by atoms with Gasteiger partial charge in [0.05, 0.1) is 5.57 Å². The van der Waals surface area contributed by atoms with Gasteiger partial charge in [0.25, 0.3) is 0 Å². The zero-order valence-corrected chi connectivity index (χ0v) is 7.70. The Kier molecular flexibility index (Phi) is 5.79. The van der Waals surface area contributed by atoms with E-state index in [4.69, 9.17) is 0 Å². The zero-order valence-electron chi connectivity index (χ0n) is 7.70. The molecule has 0 atom stereocenters. The van der Waals surface area contributed by atoms with Crippen LogP contribution in [0.5, 0.6) is 0 Å². The highest BCUT2D eigenvalue weighted by Crippen LogP contribution is 1.99. The van der Waals surface area contributed by atoms with Gasteiger partial charge in [0.1, 0.15) is 0 Å². The van der Waals surface area contributed by atoms with E-state index >= 15 is 0 Å². The number of allylic oxidation sites excluding steroid dienone is 4. The average molecular weight is 164 g/mol. The summed E-state index contributed by atoms with van der Waals surface area (Å²) in [5.41, 5.74) is 0.554. The van der Waals surface area contributed by atoms with Crippen LogP contribution in [0, 0.1) is 0 Å². The first kappa shape index (κ1) is 10.8. The third kappa shape index (κ3) is 3.81. The van der Waals surface area contributed by atoms with Gasteiger partial charge >= 0.3 is 14.0 Å². The maximum absolute atomic E-state index is 11.0. The van der Waals surface area contributed by atoms with E-state index in [1.165, 1.54) is 8.05 Å². The quantitative estimate of drug-likeness (QED) is 0.355. The summed E-state index contributed by atoms with van der Waals surface area (Å²) in [6.07, 6.45) is 8.88. The van der Waals surface area contributed by atoms with Gasteiger partial charge in [0.2, 0.25) is 0 Å². The van der Waals surface area contributed by atoms with Crippen molar-refractivity contribution in [2.75, 3.05) is 0 Å². The highest BCUT2D eigenvalue weighted by molar-refractivity contribution is 6.10. The Morgan fingerprint density at radius 2 is 2.00 bits per heavy atom. The van der Waals surface area contributed by atoms with Crippen molar-refractivity contribution >= 4 is 14.0 Å². The summed E-state index contributed by atoms with van der Waals surface area (Å²) in [5, 5.41) is 0. The van der Waals surface area contributed by atoms with Crippen molar-refractivity contribution in [2.24, 2.45) is 0 Å². The van der Waals surface area contributed by atoms with Crippen LogP contribution in [-0.2, 0) is 9.45 Å². The maximum atomic E-state index is 11.0. The normalized spacial score (nSPS) is 12.7. The molecule has 0 saturated heterocycles. The summed E-state index contributed by atoms with van der Waals surface area (Å²) in [6.45, 7) is 3.74. The highest BCUT2D eigenvalue weighted by Gasteiger charge is 2.01. The third-order valence-electron chi connectivity index (χ3n) is 1.24. The first-order valence-corrected chi connectivity index (χ1v) is 3.80. The molecule has 0 aliphatic rings. The predicted molar refractivity (Wildman–Crippen MR) is 52.3 cm³/mol. The van der Waals surface area contributed by atoms with Crippen molar-refractivity contribution < 1.29 is 9.45 Å². The molecule has 0 radical (unpaired) electrons. The average Bonchev–Trinajstić information content (AvgIpc) is 2.11. The Balaban J connectivity index is 4.53. The molecule has 0 fully saturated rings. The standard InChI is InChI=1S/C9H13BO2/c1-3-5-7-8(6-4-2)9(11)12-10/h3-7H,10H2,1-2H3/b5-3-,6-4-,8-7+. The maximum Gasteiger partial charge on any atom is 0.326 e. The van der Waals surface area contributed by atoms with Crippen LogP contribution in [-0.4, -0.2) is 14.0 Å². The van der Waals surface area contributed by atoms with E-state index in [0.717, 1.165) is 0 Å². The van der Waals surface area contributed by atoms with Crippen LogP contribution in [0.3, 0.4) is 0 Å². The van der Waals surface area contributed by atoms with Gasteiger partial charge in [-0.05, 0) is 19.9 Å². The monoisotopic (exact) mass is 164 g/mol. The van der Waals surface area contributed by atoms with Gasteiger partial charge in [-0.1, -0.05) is 24.3 Å². The molecule has 0 unspecified atom stereocenters. The molecule has 0 aliphatic carbocycles. The SMILES string of the molecule is BOC(=O)C(/C=C\C)=C/C=C\C. The van der Waals surface area contributed by atoms with Crippen molar-refractivity contribution in [3.63, 3.8) is 0 Å². The molecule has 64 valence electrons. The Bertz CT molecular complexity index is 227. The Labute approximate surface area is 74.1 Å². The second-order valence-corrected chi connectivity index (χ2v) is 2.14. The van der Waals surface area contributed by atoms with E-state index in [2.05, 4.69) is 4.65 Å². The number of carbonyl (C=O) groups excluding carboxylic acids is 1. The summed E-state index contributed by atoms with van der Waals surface area (Å²) < 4.78 is 4.57. The summed E-state index contributed by atoms with van der Waals surface area (Å²) in [7, 11) is 1.37. The molecular weight excluding hydrogens is 151 g/mol. The molecule has 0 aromatic carbocycles. The van der Waals surface area contributed by atoms with Crippen LogP contribution in [0.15, 0.2) is 36.0 Å². The lowest BCUT2D eigenvalue weighted by Crippen LogP contribution is -2.03. The molecule has 0 rings (SSSR count). The Morgan fingerprint density at radius 3 is 2.42 bits per heavy atom. The molecule has 0 heterocycles. The molecule has 0 aliphatic heterocycles. The molecule has 0 bridgehead atoms. The molecule has 0 spiro atoms. The first-order chi connectivity index (χ1) is 5.76. The number of hydrogen-bond acceptors (Lipinski definition) is 2. The molecule has 0 saturated carbocycles. The van der Waals surface area contributed by atoms with Crippen molar-refractivity contribution in [1.29, 1.82) is 0 Å². The van der Waals surface area contributed by atoms with Crippen molar-refractivity contribution in [2.45, 2.75) is 13.8 Å². The van der Waals surface area contributed by atoms with Gasteiger partial charge in [-0.25, -0.2) is 4.79 Å². The van der Waals surface area contributed by atoms with E-state index in [1.54, 1.807) is 24.3 Å². The second kappa shape index (κ2) is 6.46. The minimum absolute atomic E-state index is 0.314. The molecule has 0 N–H and O–H groups in total. The molecule has 12 heavy (non-hydrogen) atoms. The van der Waals surface area contributed by atoms with Crippen LogP contribution >= 0.6 is 0 Å². The van der Waals surface area contributed by atoms with Gasteiger partial charge in [-0.3, -0.25) is 0 Å². The van der Waals surface area contributed by atoms with Gasteiger partial charge in [-0.15, -0.1) is 0 Å². The molecule has 0 amide bonds. The van der Waals surface area contributed by atoms with E-state index < -0.39 is 0 Å². The van der Waals surface area contributed by atoms with E-state index in [9.17, 15) is 4.79 Å². The number of rotatable bonds is 3. The van der Waals surface area contributed by atoms with Crippen molar-refractivity contribution in [3.05, 3.63) is 36.0 Å². The minimum atomic E-state index is -0.314. The summed E-state index contributed by atoms with van der Waals surface area (Å²) >= 11 is 0. The van der Waals surface area contributed by atoms with E-state index in [1.807, 2.05) is 19.9 Å². The first-order valence-electron chi connectivity index (χ1n) is 3.80. The Hall–Kier alpha value is -1.25. The molecular formula is C9H13BO2. The van der Waals surface area contributed by atoms with Crippen LogP contribution in [0.25, 0.3) is 0 Å². The van der Waals surface area contributed by atoms with Gasteiger partial charge in [-0.2, -0.15) is 0 Å². The van der Waals surface area contributed by atoms with Gasteiger partial charge < -0.3 is 4.65 Å². The minimum Gasteiger partial charge on any atom is -0.540 e. The fraction of sp³-hybridized carbons (Fsp3) is 0.222. The molecule has 0 aromatic heterocycles. The summed E-state index contributed by atoms with van der Waals surface area (Å²) in [5.74, 6) is -0.314. The van der Waals surface area contributed by atoms with Gasteiger partial charge in [0, 0.05) is 0 Å². The molecule has 2 nitrogen and oxygen atoms in total. The third-order valence-corrected chi connectivity index (χ3v) is 1.24. The molecule has 0 aromatic rings. The Morgan fingerprint density at radius 1 is 1.33 bits per heavy atom. The van der Waals surface area contributed by atoms with Crippen molar-refractivity contribution in [3.8, 4) is 0 Å². The fourth-order valence-corrected chi connectivity index (χ4v) is 0.689. The van der Waals surface area contributed by atoms with Crippen LogP contribution in [0.4, 0.5) is 0 Å². The van der Waals surface area contributed by atoms with Crippen LogP contribution < -0.4 is 0 Å². The fourth-order valence-electron chi connectivity index (χ4n) is 0.689. The van der Waals surface area contributed by atoms with Crippen molar-refractivity contribution in [1.82, 2.24) is 0 Å². The lowest BCUT2D eigenvalue weighted by atomic mass is 10.2. The topological polar surface area (TPSA) is 26.3 Å². The number of hydrogen-bond donors (Lipinski definition) is 0. The van der Waals surface area contributed by atoms with Crippen LogP contribution in [0.1, 0.15) is 13.8 Å². The smallest absolute Gasteiger partial charge is 0.326 e. The van der Waals surface area contributed by atoms with E-state index in [-0.39, 0.29) is 5.97 Å². The van der Waals surface area contributed by atoms with Crippen LogP contribution in [0.2, 0.25) is 0 Å². The summed E-state index contributed by atoms with van der Waals surface area (Å²) in [4.78, 5) is 11.0. The largest absolute Gasteiger partial charge is 0.540 e. The van der Waals surface area contributed by atoms with Gasteiger partial charge in [0.15, 0.2) is 0 Å². The lowest BCUT2D eigenvalue weighted by molar-refractivity contribution is -0.129. The lowest BCUT2D eigenvalue weighted by Gasteiger charge is -1.97. The second-order valence-electron chi connectivity index (χ2n) is 2.14. The predicted octanol–water partition coefficient (Wildman–Crippen LogP) is 1.16. The zero-order chi connectivity index (χ0) is 9.40.